The van der Waals surface area contributed by atoms with Crippen LogP contribution in [-0.4, -0.2) is 20.5 Å². The lowest BCUT2D eigenvalue weighted by Gasteiger charge is -2.01. The maximum absolute atomic E-state index is 12.8. The van der Waals surface area contributed by atoms with Crippen LogP contribution < -0.4 is 0 Å². The summed E-state index contributed by atoms with van der Waals surface area (Å²) in [5.41, 5.74) is 3.83. The van der Waals surface area contributed by atoms with E-state index in [1.807, 2.05) is 65.5 Å². The molecule has 2 heterocycles. The molecule has 0 saturated heterocycles. The van der Waals surface area contributed by atoms with Crippen molar-refractivity contribution < 1.29 is 4.79 Å². The Morgan fingerprint density at radius 1 is 1.00 bits per heavy atom. The zero-order chi connectivity index (χ0) is 20.8. The van der Waals surface area contributed by atoms with Gasteiger partial charge >= 0.3 is 0 Å². The fourth-order valence-corrected chi connectivity index (χ4v) is 3.17. The molecular formula is C25H18N4O. The number of ketones is 1. The third-order valence-electron chi connectivity index (χ3n) is 4.61. The van der Waals surface area contributed by atoms with Crippen LogP contribution in [0.5, 0.6) is 0 Å². The van der Waals surface area contributed by atoms with E-state index in [1.165, 1.54) is 0 Å². The van der Waals surface area contributed by atoms with Gasteiger partial charge in [-0.05, 0) is 23.8 Å². The first-order valence-electron chi connectivity index (χ1n) is 9.48. The summed E-state index contributed by atoms with van der Waals surface area (Å²) in [5, 5.41) is 14.4. The van der Waals surface area contributed by atoms with Crippen LogP contribution >= 0.6 is 0 Å². The fraction of sp³-hybridized carbons (Fsp3) is 0.0400. The predicted molar refractivity (Wildman–Crippen MR) is 115 cm³/mol. The van der Waals surface area contributed by atoms with Crippen LogP contribution in [0.15, 0.2) is 97.0 Å². The quantitative estimate of drug-likeness (QED) is 0.270. The molecule has 0 aliphatic rings. The van der Waals surface area contributed by atoms with Gasteiger partial charge in [-0.15, -0.1) is 0 Å². The van der Waals surface area contributed by atoms with Crippen LogP contribution in [0, 0.1) is 11.3 Å². The molecule has 144 valence electrons. The summed E-state index contributed by atoms with van der Waals surface area (Å²) in [5.74, 6) is -0.314. The molecular weight excluding hydrogens is 372 g/mol. The Morgan fingerprint density at radius 3 is 2.40 bits per heavy atom. The molecule has 0 amide bonds. The van der Waals surface area contributed by atoms with E-state index < -0.39 is 0 Å². The van der Waals surface area contributed by atoms with E-state index in [9.17, 15) is 10.1 Å². The van der Waals surface area contributed by atoms with Crippen LogP contribution in [0.1, 0.15) is 21.5 Å². The van der Waals surface area contributed by atoms with E-state index in [0.29, 0.717) is 23.4 Å². The van der Waals surface area contributed by atoms with Gasteiger partial charge < -0.3 is 0 Å². The Labute approximate surface area is 174 Å². The predicted octanol–water partition coefficient (Wildman–Crippen LogP) is 4.78. The highest BCUT2D eigenvalue weighted by Crippen LogP contribution is 2.25. The number of pyridine rings is 1. The number of nitriles is 1. The third-order valence-corrected chi connectivity index (χ3v) is 4.61. The van der Waals surface area contributed by atoms with Crippen LogP contribution in [0.3, 0.4) is 0 Å². The van der Waals surface area contributed by atoms with Gasteiger partial charge in [0.15, 0.2) is 0 Å². The molecule has 0 aliphatic carbocycles. The number of benzene rings is 2. The van der Waals surface area contributed by atoms with Gasteiger partial charge in [0.05, 0.1) is 6.54 Å². The minimum absolute atomic E-state index is 0.0607. The van der Waals surface area contributed by atoms with Crippen LogP contribution in [0.2, 0.25) is 0 Å². The smallest absolute Gasteiger partial charge is 0.203 e. The van der Waals surface area contributed by atoms with Crippen molar-refractivity contribution >= 4 is 11.9 Å². The topological polar surface area (TPSA) is 71.6 Å². The van der Waals surface area contributed by atoms with Crippen LogP contribution in [0.4, 0.5) is 0 Å². The van der Waals surface area contributed by atoms with E-state index in [2.05, 4.69) is 4.98 Å². The van der Waals surface area contributed by atoms with Crippen molar-refractivity contribution in [1.82, 2.24) is 14.8 Å². The van der Waals surface area contributed by atoms with Gasteiger partial charge in [0.2, 0.25) is 5.78 Å². The monoisotopic (exact) mass is 390 g/mol. The van der Waals surface area contributed by atoms with Gasteiger partial charge in [-0.1, -0.05) is 60.7 Å². The lowest BCUT2D eigenvalue weighted by Crippen LogP contribution is -2.01. The molecule has 0 aliphatic heterocycles. The molecule has 2 aromatic carbocycles. The van der Waals surface area contributed by atoms with Crippen LogP contribution in [0.25, 0.3) is 17.3 Å². The number of allylic oxidation sites excluding steroid dienone is 1. The number of nitrogens with zero attached hydrogens (tertiary/aromatic N) is 4. The molecule has 0 fully saturated rings. The third kappa shape index (κ3) is 4.23. The number of aromatic nitrogens is 3. The van der Waals surface area contributed by atoms with Crippen molar-refractivity contribution in [2.24, 2.45) is 0 Å². The minimum Gasteiger partial charge on any atom is -0.288 e. The molecule has 4 aromatic rings. The normalized spacial score (nSPS) is 11.1. The lowest BCUT2D eigenvalue weighted by atomic mass is 10.0. The second-order valence-corrected chi connectivity index (χ2v) is 6.72. The highest BCUT2D eigenvalue weighted by Gasteiger charge is 2.16. The largest absolute Gasteiger partial charge is 0.288 e. The van der Waals surface area contributed by atoms with Crippen molar-refractivity contribution in [2.45, 2.75) is 6.54 Å². The van der Waals surface area contributed by atoms with E-state index in [1.54, 1.807) is 42.7 Å². The lowest BCUT2D eigenvalue weighted by molar-refractivity contribution is 0.104. The number of carbonyl (C=O) groups excluding carboxylic acids is 1. The summed E-state index contributed by atoms with van der Waals surface area (Å²) < 4.78 is 1.81. The Bertz CT molecular complexity index is 1220. The van der Waals surface area contributed by atoms with Crippen molar-refractivity contribution in [3.8, 4) is 17.3 Å². The standard InChI is InChI=1S/C25H18N4O/c26-15-22(25(30)20-10-5-2-6-11-20)14-23-18-29(17-19-8-3-1-4-9-19)28-24(23)21-12-7-13-27-16-21/h1-14,16,18H,17H2. The second kappa shape index (κ2) is 8.80. The molecule has 0 unspecified atom stereocenters. The van der Waals surface area contributed by atoms with Gasteiger partial charge in [0.1, 0.15) is 17.3 Å². The van der Waals surface area contributed by atoms with E-state index >= 15 is 0 Å². The summed E-state index contributed by atoms with van der Waals surface area (Å²) in [6, 6.07) is 24.6. The second-order valence-electron chi connectivity index (χ2n) is 6.72. The fourth-order valence-electron chi connectivity index (χ4n) is 3.17. The molecule has 0 bridgehead atoms. The number of hydrogen-bond donors (Lipinski definition) is 0. The highest BCUT2D eigenvalue weighted by molar-refractivity contribution is 6.14. The van der Waals surface area contributed by atoms with E-state index in [-0.39, 0.29) is 11.4 Å². The van der Waals surface area contributed by atoms with Crippen molar-refractivity contribution in [3.05, 3.63) is 114 Å². The first kappa shape index (κ1) is 19.0. The Kier molecular flexibility index (Phi) is 5.59. The summed E-state index contributed by atoms with van der Waals surface area (Å²) in [6.07, 6.45) is 6.87. The summed E-state index contributed by atoms with van der Waals surface area (Å²) in [7, 11) is 0. The van der Waals surface area contributed by atoms with Gasteiger partial charge in [-0.25, -0.2) is 0 Å². The minimum atomic E-state index is -0.314. The number of rotatable bonds is 6. The zero-order valence-electron chi connectivity index (χ0n) is 16.1. The molecule has 30 heavy (non-hydrogen) atoms. The summed E-state index contributed by atoms with van der Waals surface area (Å²) >= 11 is 0. The average Bonchev–Trinajstić information content (AvgIpc) is 3.21. The Morgan fingerprint density at radius 2 is 1.73 bits per heavy atom. The van der Waals surface area contributed by atoms with E-state index in [0.717, 1.165) is 11.1 Å². The van der Waals surface area contributed by atoms with Gasteiger partial charge in [-0.3, -0.25) is 14.5 Å². The number of hydrogen-bond acceptors (Lipinski definition) is 4. The maximum atomic E-state index is 12.8. The molecule has 0 atom stereocenters. The molecule has 5 nitrogen and oxygen atoms in total. The van der Waals surface area contributed by atoms with Crippen molar-refractivity contribution in [1.29, 1.82) is 5.26 Å². The van der Waals surface area contributed by atoms with Gasteiger partial charge in [0, 0.05) is 35.3 Å². The number of carbonyl (C=O) groups is 1. The molecule has 4 rings (SSSR count). The van der Waals surface area contributed by atoms with Crippen molar-refractivity contribution in [2.75, 3.05) is 0 Å². The van der Waals surface area contributed by atoms with Gasteiger partial charge in [0.25, 0.3) is 0 Å². The van der Waals surface area contributed by atoms with E-state index in [4.69, 9.17) is 5.10 Å². The zero-order valence-corrected chi connectivity index (χ0v) is 16.1. The number of Topliss-reactive ketones (excluding diaryl/α,β-unsaturated/α-hetero) is 1. The van der Waals surface area contributed by atoms with Crippen molar-refractivity contribution in [3.63, 3.8) is 0 Å². The molecule has 0 saturated carbocycles. The first-order chi connectivity index (χ1) is 14.7. The molecule has 2 aromatic heterocycles. The Hall–Kier alpha value is -4.30. The summed E-state index contributed by atoms with van der Waals surface area (Å²) in [4.78, 5) is 17.0. The first-order valence-corrected chi connectivity index (χ1v) is 9.48. The molecule has 0 radical (unpaired) electrons. The molecule has 5 heteroatoms. The van der Waals surface area contributed by atoms with Gasteiger partial charge in [-0.2, -0.15) is 10.4 Å². The van der Waals surface area contributed by atoms with Crippen LogP contribution in [-0.2, 0) is 6.54 Å². The molecule has 0 N–H and O–H groups in total. The SMILES string of the molecule is N#CC(=Cc1cn(Cc2ccccc2)nc1-c1cccnc1)C(=O)c1ccccc1. The summed E-state index contributed by atoms with van der Waals surface area (Å²) in [6.45, 7) is 0.580. The molecule has 0 spiro atoms. The average molecular weight is 390 g/mol. The highest BCUT2D eigenvalue weighted by atomic mass is 16.1. The Balaban J connectivity index is 1.76. The maximum Gasteiger partial charge on any atom is 0.203 e.